The normalized spacial score (nSPS) is 11.5. The van der Waals surface area contributed by atoms with Crippen LogP contribution in [0.2, 0.25) is 0 Å². The molecule has 0 aliphatic carbocycles. The molecule has 3 N–H and O–H groups in total. The highest BCUT2D eigenvalue weighted by atomic mass is 16.5. The third-order valence-corrected chi connectivity index (χ3v) is 3.37. The fraction of sp³-hybridized carbons (Fsp3) is 0.316. The fourth-order valence-corrected chi connectivity index (χ4v) is 2.25. The second-order valence-corrected chi connectivity index (χ2v) is 5.80. The monoisotopic (exact) mass is 327 g/mol. The average Bonchev–Trinajstić information content (AvgIpc) is 2.54. The van der Waals surface area contributed by atoms with E-state index in [0.29, 0.717) is 12.5 Å². The molecular formula is C19H25N3O2. The van der Waals surface area contributed by atoms with Gasteiger partial charge < -0.3 is 20.5 Å². The molecule has 0 bridgehead atoms. The molecule has 24 heavy (non-hydrogen) atoms. The standard InChI is InChI=1S/C19H25N3O2/c1-13(2)24-18-11-14(3)9-10-15(18)12-21-19(20)22-16-7-5-6-8-17(16)23-4/h5-11,13H,12H2,1-4H3,(H3,20,21,22). The second-order valence-electron chi connectivity index (χ2n) is 5.80. The van der Waals surface area contributed by atoms with Crippen molar-refractivity contribution in [1.82, 2.24) is 0 Å². The maximum Gasteiger partial charge on any atom is 0.193 e. The largest absolute Gasteiger partial charge is 0.495 e. The number of nitrogens with zero attached hydrogens (tertiary/aromatic N) is 1. The van der Waals surface area contributed by atoms with Crippen molar-refractivity contribution in [3.8, 4) is 11.5 Å². The Morgan fingerprint density at radius 2 is 1.92 bits per heavy atom. The summed E-state index contributed by atoms with van der Waals surface area (Å²) >= 11 is 0. The van der Waals surface area contributed by atoms with Crippen LogP contribution in [-0.4, -0.2) is 19.2 Å². The van der Waals surface area contributed by atoms with Gasteiger partial charge in [0.1, 0.15) is 11.5 Å². The van der Waals surface area contributed by atoms with Crippen LogP contribution in [0.1, 0.15) is 25.0 Å². The van der Waals surface area contributed by atoms with Crippen LogP contribution in [0.4, 0.5) is 5.69 Å². The van der Waals surface area contributed by atoms with Gasteiger partial charge in [-0.25, -0.2) is 4.99 Å². The Bertz CT molecular complexity index is 712. The molecule has 2 rings (SSSR count). The zero-order chi connectivity index (χ0) is 17.5. The molecule has 0 aliphatic heterocycles. The third-order valence-electron chi connectivity index (χ3n) is 3.37. The highest BCUT2D eigenvalue weighted by Crippen LogP contribution is 2.24. The van der Waals surface area contributed by atoms with Gasteiger partial charge in [0.2, 0.25) is 0 Å². The van der Waals surface area contributed by atoms with Crippen molar-refractivity contribution in [2.75, 3.05) is 12.4 Å². The first kappa shape index (κ1) is 17.7. The summed E-state index contributed by atoms with van der Waals surface area (Å²) in [5.74, 6) is 1.89. The number of methoxy groups -OCH3 is 1. The summed E-state index contributed by atoms with van der Waals surface area (Å²) in [7, 11) is 1.62. The van der Waals surface area contributed by atoms with Gasteiger partial charge in [0.25, 0.3) is 0 Å². The average molecular weight is 327 g/mol. The number of ether oxygens (including phenoxy) is 2. The van der Waals surface area contributed by atoms with E-state index in [2.05, 4.69) is 10.3 Å². The van der Waals surface area contributed by atoms with E-state index in [1.807, 2.05) is 63.2 Å². The quantitative estimate of drug-likeness (QED) is 0.627. The van der Waals surface area contributed by atoms with Crippen LogP contribution in [0.3, 0.4) is 0 Å². The van der Waals surface area contributed by atoms with Gasteiger partial charge in [-0.2, -0.15) is 0 Å². The van der Waals surface area contributed by atoms with Gasteiger partial charge in [-0.15, -0.1) is 0 Å². The highest BCUT2D eigenvalue weighted by Gasteiger charge is 2.07. The predicted octanol–water partition coefficient (Wildman–Crippen LogP) is 3.72. The molecule has 2 aromatic carbocycles. The summed E-state index contributed by atoms with van der Waals surface area (Å²) in [4.78, 5) is 4.41. The van der Waals surface area contributed by atoms with Crippen LogP contribution in [-0.2, 0) is 6.54 Å². The van der Waals surface area contributed by atoms with E-state index in [1.165, 1.54) is 0 Å². The smallest absolute Gasteiger partial charge is 0.193 e. The number of rotatable bonds is 6. The van der Waals surface area contributed by atoms with E-state index in [9.17, 15) is 0 Å². The summed E-state index contributed by atoms with van der Waals surface area (Å²) in [6.07, 6.45) is 0.110. The SMILES string of the molecule is COc1ccccc1NC(N)=NCc1ccc(C)cc1OC(C)C. The lowest BCUT2D eigenvalue weighted by atomic mass is 10.1. The fourth-order valence-electron chi connectivity index (χ4n) is 2.25. The number of nitrogens with two attached hydrogens (primary N) is 1. The molecule has 5 heteroatoms. The van der Waals surface area contributed by atoms with Gasteiger partial charge >= 0.3 is 0 Å². The zero-order valence-corrected chi connectivity index (χ0v) is 14.7. The van der Waals surface area contributed by atoms with E-state index < -0.39 is 0 Å². The van der Waals surface area contributed by atoms with Crippen LogP contribution >= 0.6 is 0 Å². The number of para-hydroxylation sites is 2. The number of nitrogens with one attached hydrogen (secondary N) is 1. The zero-order valence-electron chi connectivity index (χ0n) is 14.7. The molecule has 0 saturated heterocycles. The van der Waals surface area contributed by atoms with Gasteiger partial charge in [-0.3, -0.25) is 0 Å². The van der Waals surface area contributed by atoms with Crippen molar-refractivity contribution in [2.24, 2.45) is 10.7 Å². The Hall–Kier alpha value is -2.69. The summed E-state index contributed by atoms with van der Waals surface area (Å²) in [6.45, 7) is 6.49. The van der Waals surface area contributed by atoms with Crippen molar-refractivity contribution in [3.63, 3.8) is 0 Å². The first-order valence-corrected chi connectivity index (χ1v) is 7.95. The number of aliphatic imine (C=N–C) groups is 1. The molecule has 0 aromatic heterocycles. The third kappa shape index (κ3) is 4.91. The first-order chi connectivity index (χ1) is 11.5. The van der Waals surface area contributed by atoms with Crippen LogP contribution in [0, 0.1) is 6.92 Å². The number of guanidine groups is 1. The Kier molecular flexibility index (Phi) is 6.07. The van der Waals surface area contributed by atoms with Crippen molar-refractivity contribution in [3.05, 3.63) is 53.6 Å². The van der Waals surface area contributed by atoms with Crippen molar-refractivity contribution >= 4 is 11.6 Å². The van der Waals surface area contributed by atoms with E-state index in [0.717, 1.165) is 28.3 Å². The lowest BCUT2D eigenvalue weighted by Gasteiger charge is -2.14. The summed E-state index contributed by atoms with van der Waals surface area (Å²) < 4.78 is 11.2. The van der Waals surface area contributed by atoms with E-state index >= 15 is 0 Å². The molecule has 0 fully saturated rings. The number of hydrogen-bond acceptors (Lipinski definition) is 3. The molecule has 128 valence electrons. The molecule has 5 nitrogen and oxygen atoms in total. The molecule has 2 aromatic rings. The van der Waals surface area contributed by atoms with E-state index in [1.54, 1.807) is 7.11 Å². The number of aryl methyl sites for hydroxylation is 1. The molecule has 0 aliphatic rings. The van der Waals surface area contributed by atoms with Crippen LogP contribution < -0.4 is 20.5 Å². The van der Waals surface area contributed by atoms with Crippen LogP contribution in [0.25, 0.3) is 0 Å². The molecule has 0 atom stereocenters. The predicted molar refractivity (Wildman–Crippen MR) is 98.9 cm³/mol. The van der Waals surface area contributed by atoms with Gasteiger partial charge in [0.15, 0.2) is 5.96 Å². The van der Waals surface area contributed by atoms with Crippen LogP contribution in [0.5, 0.6) is 11.5 Å². The van der Waals surface area contributed by atoms with Gasteiger partial charge in [-0.1, -0.05) is 24.3 Å². The Balaban J connectivity index is 2.12. The molecule has 0 radical (unpaired) electrons. The lowest BCUT2D eigenvalue weighted by Crippen LogP contribution is -2.23. The minimum atomic E-state index is 0.110. The molecule has 0 spiro atoms. The minimum Gasteiger partial charge on any atom is -0.495 e. The summed E-state index contributed by atoms with van der Waals surface area (Å²) in [5.41, 5.74) is 8.93. The van der Waals surface area contributed by atoms with Crippen molar-refractivity contribution in [1.29, 1.82) is 0 Å². The Labute approximate surface area is 143 Å². The lowest BCUT2D eigenvalue weighted by molar-refractivity contribution is 0.240. The Morgan fingerprint density at radius 1 is 1.17 bits per heavy atom. The first-order valence-electron chi connectivity index (χ1n) is 7.95. The highest BCUT2D eigenvalue weighted by molar-refractivity contribution is 5.93. The number of anilines is 1. The number of benzene rings is 2. The Morgan fingerprint density at radius 3 is 2.62 bits per heavy atom. The maximum absolute atomic E-state index is 6.00. The number of hydrogen-bond donors (Lipinski definition) is 2. The van der Waals surface area contributed by atoms with Gasteiger partial charge in [0.05, 0.1) is 25.4 Å². The van der Waals surface area contributed by atoms with Crippen molar-refractivity contribution < 1.29 is 9.47 Å². The topological polar surface area (TPSA) is 68.9 Å². The molecule has 0 unspecified atom stereocenters. The maximum atomic E-state index is 6.00. The molecule has 0 amide bonds. The minimum absolute atomic E-state index is 0.110. The molecule has 0 heterocycles. The van der Waals surface area contributed by atoms with Crippen molar-refractivity contribution in [2.45, 2.75) is 33.4 Å². The second kappa shape index (κ2) is 8.24. The summed E-state index contributed by atoms with van der Waals surface area (Å²) in [5, 5.41) is 3.07. The molecule has 0 saturated carbocycles. The van der Waals surface area contributed by atoms with Gasteiger partial charge in [0, 0.05) is 5.56 Å². The molecular weight excluding hydrogens is 302 g/mol. The van der Waals surface area contributed by atoms with E-state index in [4.69, 9.17) is 15.2 Å². The van der Waals surface area contributed by atoms with E-state index in [-0.39, 0.29) is 6.10 Å². The van der Waals surface area contributed by atoms with Gasteiger partial charge in [-0.05, 0) is 44.5 Å². The van der Waals surface area contributed by atoms with Crippen LogP contribution in [0.15, 0.2) is 47.5 Å². The summed E-state index contributed by atoms with van der Waals surface area (Å²) in [6, 6.07) is 13.7.